The Morgan fingerprint density at radius 2 is 1.92 bits per heavy atom. The number of nitrogens with one attached hydrogen (secondary N) is 1. The zero-order valence-electron chi connectivity index (χ0n) is 13.6. The number of hydrogen-bond donors (Lipinski definition) is 2. The fraction of sp³-hybridized carbons (Fsp3) is 0.100. The van der Waals surface area contributed by atoms with E-state index in [0.29, 0.717) is 0 Å². The van der Waals surface area contributed by atoms with Gasteiger partial charge in [0.2, 0.25) is 5.91 Å². The van der Waals surface area contributed by atoms with Crippen LogP contribution in [0.15, 0.2) is 79.4 Å². The highest BCUT2D eigenvalue weighted by atomic mass is 16.3. The molecule has 5 nitrogen and oxygen atoms in total. The summed E-state index contributed by atoms with van der Waals surface area (Å²) in [6.07, 6.45) is 8.54. The summed E-state index contributed by atoms with van der Waals surface area (Å²) in [5.41, 5.74) is 2.79. The molecule has 1 unspecified atom stereocenters. The normalized spacial score (nSPS) is 12.2. The molecule has 1 atom stereocenters. The second-order valence-corrected chi connectivity index (χ2v) is 5.55. The molecular weight excluding hydrogens is 314 g/mol. The number of aromatic nitrogens is 2. The Hall–Kier alpha value is -3.18. The van der Waals surface area contributed by atoms with Crippen LogP contribution < -0.4 is 5.32 Å². The van der Waals surface area contributed by atoms with E-state index in [2.05, 4.69) is 10.3 Å². The second-order valence-electron chi connectivity index (χ2n) is 5.55. The molecule has 0 saturated heterocycles. The molecule has 3 aromatic rings. The smallest absolute Gasteiger partial charge is 0.244 e. The summed E-state index contributed by atoms with van der Waals surface area (Å²) in [4.78, 5) is 16.1. The number of carbonyl (C=O) groups is 1. The molecule has 0 radical (unpaired) electrons. The number of aliphatic hydroxyl groups excluding tert-OH is 1. The molecular formula is C20H19N3O2. The Morgan fingerprint density at radius 1 is 1.16 bits per heavy atom. The van der Waals surface area contributed by atoms with Crippen molar-refractivity contribution in [2.24, 2.45) is 0 Å². The highest BCUT2D eigenvalue weighted by Crippen LogP contribution is 2.12. The van der Waals surface area contributed by atoms with Gasteiger partial charge in [-0.3, -0.25) is 4.79 Å². The first kappa shape index (κ1) is 16.7. The Labute approximate surface area is 146 Å². The van der Waals surface area contributed by atoms with Gasteiger partial charge in [0.05, 0.1) is 19.0 Å². The van der Waals surface area contributed by atoms with Crippen LogP contribution in [0.3, 0.4) is 0 Å². The lowest BCUT2D eigenvalue weighted by Crippen LogP contribution is -2.29. The van der Waals surface area contributed by atoms with E-state index < -0.39 is 6.04 Å². The first-order valence-corrected chi connectivity index (χ1v) is 7.99. The minimum Gasteiger partial charge on any atom is -0.394 e. The summed E-state index contributed by atoms with van der Waals surface area (Å²) in [7, 11) is 0. The zero-order valence-corrected chi connectivity index (χ0v) is 13.6. The van der Waals surface area contributed by atoms with E-state index in [-0.39, 0.29) is 12.5 Å². The van der Waals surface area contributed by atoms with Crippen molar-refractivity contribution < 1.29 is 9.90 Å². The molecule has 0 aliphatic heterocycles. The molecule has 0 aliphatic carbocycles. The van der Waals surface area contributed by atoms with Crippen molar-refractivity contribution in [3.8, 4) is 5.69 Å². The maximum atomic E-state index is 12.1. The number of benzene rings is 2. The van der Waals surface area contributed by atoms with Crippen LogP contribution in [0.2, 0.25) is 0 Å². The minimum absolute atomic E-state index is 0.150. The Bertz CT molecular complexity index is 825. The van der Waals surface area contributed by atoms with Gasteiger partial charge in [0, 0.05) is 24.2 Å². The largest absolute Gasteiger partial charge is 0.394 e. The molecule has 2 aromatic carbocycles. The monoisotopic (exact) mass is 333 g/mol. The van der Waals surface area contributed by atoms with Crippen LogP contribution in [0.1, 0.15) is 17.2 Å². The third kappa shape index (κ3) is 4.43. The standard InChI is InChI=1S/C20H19N3O2/c24-14-19(17-4-2-1-3-5-17)22-20(25)11-8-16-6-9-18(10-7-16)23-13-12-21-15-23/h1-13,15,19,24H,14H2,(H,22,25)/b11-8+. The fourth-order valence-electron chi connectivity index (χ4n) is 2.48. The predicted octanol–water partition coefficient (Wildman–Crippen LogP) is 2.74. The van der Waals surface area contributed by atoms with E-state index in [9.17, 15) is 9.90 Å². The molecule has 126 valence electrons. The number of rotatable bonds is 6. The van der Waals surface area contributed by atoms with Crippen LogP contribution in [-0.2, 0) is 4.79 Å². The summed E-state index contributed by atoms with van der Waals surface area (Å²) in [6, 6.07) is 16.8. The first-order valence-electron chi connectivity index (χ1n) is 7.99. The minimum atomic E-state index is -0.415. The lowest BCUT2D eigenvalue weighted by molar-refractivity contribution is -0.117. The van der Waals surface area contributed by atoms with Crippen LogP contribution in [-0.4, -0.2) is 27.2 Å². The van der Waals surface area contributed by atoms with Gasteiger partial charge in [-0.05, 0) is 29.3 Å². The van der Waals surface area contributed by atoms with E-state index >= 15 is 0 Å². The summed E-state index contributed by atoms with van der Waals surface area (Å²) in [5, 5.41) is 12.3. The van der Waals surface area contributed by atoms with Crippen LogP contribution in [0.4, 0.5) is 0 Å². The van der Waals surface area contributed by atoms with Crippen molar-refractivity contribution in [2.75, 3.05) is 6.61 Å². The molecule has 0 spiro atoms. The number of nitrogens with zero attached hydrogens (tertiary/aromatic N) is 2. The van der Waals surface area contributed by atoms with Gasteiger partial charge in [-0.25, -0.2) is 4.98 Å². The number of amides is 1. The Morgan fingerprint density at radius 3 is 2.56 bits per heavy atom. The van der Waals surface area contributed by atoms with E-state index in [0.717, 1.165) is 16.8 Å². The van der Waals surface area contributed by atoms with Gasteiger partial charge in [-0.2, -0.15) is 0 Å². The molecule has 5 heteroatoms. The highest BCUT2D eigenvalue weighted by molar-refractivity contribution is 5.92. The number of aliphatic hydroxyl groups is 1. The maximum absolute atomic E-state index is 12.1. The summed E-state index contributed by atoms with van der Waals surface area (Å²) >= 11 is 0. The maximum Gasteiger partial charge on any atom is 0.244 e. The predicted molar refractivity (Wildman–Crippen MR) is 97.0 cm³/mol. The van der Waals surface area contributed by atoms with Crippen molar-refractivity contribution in [3.05, 3.63) is 90.5 Å². The fourth-order valence-corrected chi connectivity index (χ4v) is 2.48. The van der Waals surface area contributed by atoms with Gasteiger partial charge in [-0.1, -0.05) is 42.5 Å². The Kier molecular flexibility index (Phi) is 5.39. The molecule has 0 fully saturated rings. The van der Waals surface area contributed by atoms with Gasteiger partial charge in [0.1, 0.15) is 0 Å². The summed E-state index contributed by atoms with van der Waals surface area (Å²) in [5.74, 6) is -0.249. The van der Waals surface area contributed by atoms with Crippen molar-refractivity contribution in [2.45, 2.75) is 6.04 Å². The van der Waals surface area contributed by atoms with E-state index in [1.807, 2.05) is 65.4 Å². The molecule has 0 bridgehead atoms. The zero-order chi connectivity index (χ0) is 17.5. The number of carbonyl (C=O) groups excluding carboxylic acids is 1. The quantitative estimate of drug-likeness (QED) is 0.682. The van der Waals surface area contributed by atoms with Crippen molar-refractivity contribution in [1.82, 2.24) is 14.9 Å². The van der Waals surface area contributed by atoms with Crippen molar-refractivity contribution in [1.29, 1.82) is 0 Å². The number of hydrogen-bond acceptors (Lipinski definition) is 3. The molecule has 0 saturated carbocycles. The summed E-state index contributed by atoms with van der Waals surface area (Å²) < 4.78 is 1.91. The van der Waals surface area contributed by atoms with Gasteiger partial charge in [0.25, 0.3) is 0 Å². The molecule has 2 N–H and O–H groups in total. The van der Waals surface area contributed by atoms with Crippen LogP contribution in [0, 0.1) is 0 Å². The molecule has 1 aromatic heterocycles. The lowest BCUT2D eigenvalue weighted by atomic mass is 10.1. The molecule has 3 rings (SSSR count). The molecule has 1 amide bonds. The van der Waals surface area contributed by atoms with Gasteiger partial charge >= 0.3 is 0 Å². The average molecular weight is 333 g/mol. The number of imidazole rings is 1. The van der Waals surface area contributed by atoms with E-state index in [1.165, 1.54) is 6.08 Å². The first-order chi connectivity index (χ1) is 12.3. The molecule has 0 aliphatic rings. The van der Waals surface area contributed by atoms with Gasteiger partial charge in [-0.15, -0.1) is 0 Å². The van der Waals surface area contributed by atoms with Crippen LogP contribution in [0.5, 0.6) is 0 Å². The second kappa shape index (κ2) is 8.08. The van der Waals surface area contributed by atoms with Gasteiger partial charge in [0.15, 0.2) is 0 Å². The third-order valence-electron chi connectivity index (χ3n) is 3.82. The third-order valence-corrected chi connectivity index (χ3v) is 3.82. The average Bonchev–Trinajstić information content (AvgIpc) is 3.20. The Balaban J connectivity index is 1.62. The van der Waals surface area contributed by atoms with Crippen LogP contribution >= 0.6 is 0 Å². The van der Waals surface area contributed by atoms with Crippen LogP contribution in [0.25, 0.3) is 11.8 Å². The van der Waals surface area contributed by atoms with E-state index in [1.54, 1.807) is 18.6 Å². The van der Waals surface area contributed by atoms with Gasteiger partial charge < -0.3 is 15.0 Å². The van der Waals surface area contributed by atoms with E-state index in [4.69, 9.17) is 0 Å². The summed E-state index contributed by atoms with van der Waals surface area (Å²) in [6.45, 7) is -0.150. The highest BCUT2D eigenvalue weighted by Gasteiger charge is 2.11. The topological polar surface area (TPSA) is 67.2 Å². The SMILES string of the molecule is O=C(/C=C/c1ccc(-n2ccnc2)cc1)NC(CO)c1ccccc1. The lowest BCUT2D eigenvalue weighted by Gasteiger charge is -2.15. The van der Waals surface area contributed by atoms with Crippen molar-refractivity contribution in [3.63, 3.8) is 0 Å². The van der Waals surface area contributed by atoms with Crippen molar-refractivity contribution >= 4 is 12.0 Å². The molecule has 1 heterocycles. The molecule has 25 heavy (non-hydrogen) atoms.